The second-order valence-corrected chi connectivity index (χ2v) is 4.19. The number of nitrogens with one attached hydrogen (secondary N) is 1. The first-order valence-corrected chi connectivity index (χ1v) is 6.03. The highest BCUT2D eigenvalue weighted by Crippen LogP contribution is 2.27. The van der Waals surface area contributed by atoms with Crippen molar-refractivity contribution in [3.63, 3.8) is 0 Å². The molecule has 1 heterocycles. The molecule has 0 bridgehead atoms. The highest BCUT2D eigenvalue weighted by molar-refractivity contribution is 5.98. The average molecular weight is 293 g/mol. The number of carbonyl (C=O) groups excluding carboxylic acids is 1. The monoisotopic (exact) mass is 293 g/mol. The number of rotatable bonds is 4. The number of nitrogens with zero attached hydrogens (tertiary/aromatic N) is 2. The summed E-state index contributed by atoms with van der Waals surface area (Å²) in [4.78, 5) is 21.7. The minimum atomic E-state index is -0.776. The van der Waals surface area contributed by atoms with Crippen LogP contribution in [0.25, 0.3) is 0 Å². The number of amides is 1. The van der Waals surface area contributed by atoms with Gasteiger partial charge in [-0.3, -0.25) is 20.0 Å². The van der Waals surface area contributed by atoms with Crippen LogP contribution in [0.4, 0.5) is 26.0 Å². The van der Waals surface area contributed by atoms with E-state index in [1.54, 1.807) is 6.07 Å². The Hall–Kier alpha value is -2.54. The first-order chi connectivity index (χ1) is 10.0. The second-order valence-electron chi connectivity index (χ2n) is 4.19. The molecule has 0 saturated carbocycles. The number of halogens is 2. The number of pyridine rings is 1. The van der Waals surface area contributed by atoms with Gasteiger partial charge in [0.1, 0.15) is 17.5 Å². The maximum absolute atomic E-state index is 13.3. The molecule has 5 nitrogen and oxygen atoms in total. The summed E-state index contributed by atoms with van der Waals surface area (Å²) in [6.07, 6.45) is 1.45. The molecular weight excluding hydrogens is 280 g/mol. The molecule has 0 radical (unpaired) electrons. The van der Waals surface area contributed by atoms with Crippen molar-refractivity contribution in [1.29, 1.82) is 0 Å². The molecule has 1 aromatic heterocycles. The number of hydrogen-bond acceptors (Lipinski definition) is 4. The third kappa shape index (κ3) is 3.51. The van der Waals surface area contributed by atoms with Gasteiger partial charge >= 0.3 is 0 Å². The third-order valence-electron chi connectivity index (χ3n) is 2.61. The van der Waals surface area contributed by atoms with Gasteiger partial charge in [0.25, 0.3) is 0 Å². The van der Waals surface area contributed by atoms with Gasteiger partial charge in [0.15, 0.2) is 0 Å². The standard InChI is InChI=1S/C14H13F2N3O2/c1-9(20)19(13-6-10(15)5-11(16)7-13)14-8-12(18-21-2)3-4-17-14/h3-8H,1-2H3,(H,17,18). The summed E-state index contributed by atoms with van der Waals surface area (Å²) in [7, 11) is 1.44. The van der Waals surface area contributed by atoms with E-state index in [0.29, 0.717) is 5.69 Å². The number of benzene rings is 1. The van der Waals surface area contributed by atoms with Crippen LogP contribution >= 0.6 is 0 Å². The zero-order chi connectivity index (χ0) is 15.4. The maximum atomic E-state index is 13.3. The fourth-order valence-electron chi connectivity index (χ4n) is 1.87. The first kappa shape index (κ1) is 14.9. The van der Waals surface area contributed by atoms with Crippen LogP contribution in [0, 0.1) is 11.6 Å². The SMILES string of the molecule is CONc1ccnc(N(C(C)=O)c2cc(F)cc(F)c2)c1. The van der Waals surface area contributed by atoms with Gasteiger partial charge in [-0.05, 0) is 18.2 Å². The van der Waals surface area contributed by atoms with Gasteiger partial charge < -0.3 is 0 Å². The molecule has 0 aliphatic heterocycles. The van der Waals surface area contributed by atoms with Crippen LogP contribution < -0.4 is 10.4 Å². The Bertz CT molecular complexity index is 644. The molecule has 110 valence electrons. The number of aromatic nitrogens is 1. The molecule has 2 aromatic rings. The smallest absolute Gasteiger partial charge is 0.229 e. The van der Waals surface area contributed by atoms with E-state index in [1.807, 2.05) is 0 Å². The molecule has 0 unspecified atom stereocenters. The zero-order valence-corrected chi connectivity index (χ0v) is 11.4. The Morgan fingerprint density at radius 1 is 1.24 bits per heavy atom. The van der Waals surface area contributed by atoms with Gasteiger partial charge in [0.05, 0.1) is 18.5 Å². The van der Waals surface area contributed by atoms with E-state index in [0.717, 1.165) is 23.1 Å². The summed E-state index contributed by atoms with van der Waals surface area (Å²) < 4.78 is 26.7. The molecule has 21 heavy (non-hydrogen) atoms. The van der Waals surface area contributed by atoms with Gasteiger partial charge in [-0.2, -0.15) is 0 Å². The van der Waals surface area contributed by atoms with Crippen LogP contribution in [0.15, 0.2) is 36.5 Å². The quantitative estimate of drug-likeness (QED) is 0.880. The fraction of sp³-hybridized carbons (Fsp3) is 0.143. The van der Waals surface area contributed by atoms with E-state index in [4.69, 9.17) is 4.84 Å². The van der Waals surface area contributed by atoms with E-state index in [9.17, 15) is 13.6 Å². The van der Waals surface area contributed by atoms with Crippen molar-refractivity contribution in [2.24, 2.45) is 0 Å². The lowest BCUT2D eigenvalue weighted by Crippen LogP contribution is -2.24. The molecule has 0 atom stereocenters. The molecule has 0 aliphatic rings. The van der Waals surface area contributed by atoms with Crippen molar-refractivity contribution >= 4 is 23.1 Å². The Morgan fingerprint density at radius 2 is 1.90 bits per heavy atom. The highest BCUT2D eigenvalue weighted by Gasteiger charge is 2.17. The van der Waals surface area contributed by atoms with Gasteiger partial charge in [-0.1, -0.05) is 0 Å². The summed E-state index contributed by atoms with van der Waals surface area (Å²) >= 11 is 0. The van der Waals surface area contributed by atoms with Crippen LogP contribution in [-0.4, -0.2) is 18.0 Å². The van der Waals surface area contributed by atoms with Crippen molar-refractivity contribution < 1.29 is 18.4 Å². The molecule has 1 N–H and O–H groups in total. The molecule has 2 rings (SSSR count). The average Bonchev–Trinajstić information content (AvgIpc) is 2.38. The minimum Gasteiger partial charge on any atom is -0.279 e. The molecule has 0 spiro atoms. The van der Waals surface area contributed by atoms with Gasteiger partial charge in [0.2, 0.25) is 5.91 Å². The van der Waals surface area contributed by atoms with E-state index in [-0.39, 0.29) is 11.5 Å². The molecule has 1 aromatic carbocycles. The van der Waals surface area contributed by atoms with Crippen molar-refractivity contribution in [3.05, 3.63) is 48.2 Å². The van der Waals surface area contributed by atoms with Gasteiger partial charge in [0, 0.05) is 25.3 Å². The Balaban J connectivity index is 2.48. The minimum absolute atomic E-state index is 0.0575. The topological polar surface area (TPSA) is 54.5 Å². The first-order valence-electron chi connectivity index (χ1n) is 6.03. The van der Waals surface area contributed by atoms with Crippen LogP contribution in [0.5, 0.6) is 0 Å². The summed E-state index contributed by atoms with van der Waals surface area (Å²) in [5, 5.41) is 0. The van der Waals surface area contributed by atoms with Crippen LogP contribution in [0.2, 0.25) is 0 Å². The Labute approximate surface area is 120 Å². The van der Waals surface area contributed by atoms with Gasteiger partial charge in [-0.25, -0.2) is 13.8 Å². The van der Waals surface area contributed by atoms with E-state index >= 15 is 0 Å². The zero-order valence-electron chi connectivity index (χ0n) is 11.4. The van der Waals surface area contributed by atoms with E-state index in [2.05, 4.69) is 10.5 Å². The van der Waals surface area contributed by atoms with Crippen molar-refractivity contribution in [2.75, 3.05) is 17.5 Å². The van der Waals surface area contributed by atoms with Crippen LogP contribution in [0.1, 0.15) is 6.92 Å². The lowest BCUT2D eigenvalue weighted by molar-refractivity contribution is -0.115. The molecule has 0 fully saturated rings. The highest BCUT2D eigenvalue weighted by atomic mass is 19.1. The summed E-state index contributed by atoms with van der Waals surface area (Å²) in [5.41, 5.74) is 3.19. The van der Waals surface area contributed by atoms with Crippen LogP contribution in [0.3, 0.4) is 0 Å². The van der Waals surface area contributed by atoms with E-state index in [1.165, 1.54) is 26.3 Å². The fourth-order valence-corrected chi connectivity index (χ4v) is 1.87. The molecule has 1 amide bonds. The molecule has 0 saturated heterocycles. The number of hydrogen-bond donors (Lipinski definition) is 1. The lowest BCUT2D eigenvalue weighted by Gasteiger charge is -2.21. The molecule has 0 aliphatic carbocycles. The Kier molecular flexibility index (Phi) is 4.44. The third-order valence-corrected chi connectivity index (χ3v) is 2.61. The summed E-state index contributed by atoms with van der Waals surface area (Å²) in [5.74, 6) is -1.76. The number of anilines is 3. The van der Waals surface area contributed by atoms with Crippen molar-refractivity contribution in [2.45, 2.75) is 6.92 Å². The summed E-state index contributed by atoms with van der Waals surface area (Å²) in [6.45, 7) is 1.28. The summed E-state index contributed by atoms with van der Waals surface area (Å²) in [6, 6.07) is 5.99. The largest absolute Gasteiger partial charge is 0.279 e. The predicted molar refractivity (Wildman–Crippen MR) is 74.0 cm³/mol. The second kappa shape index (κ2) is 6.27. The number of carbonyl (C=O) groups is 1. The predicted octanol–water partition coefficient (Wildman–Crippen LogP) is 3.02. The molecule has 7 heteroatoms. The normalized spacial score (nSPS) is 10.3. The maximum Gasteiger partial charge on any atom is 0.229 e. The van der Waals surface area contributed by atoms with Crippen molar-refractivity contribution in [3.8, 4) is 0 Å². The van der Waals surface area contributed by atoms with Crippen molar-refractivity contribution in [1.82, 2.24) is 4.98 Å². The van der Waals surface area contributed by atoms with Gasteiger partial charge in [-0.15, -0.1) is 0 Å². The molecular formula is C14H13F2N3O2. The van der Waals surface area contributed by atoms with Crippen LogP contribution in [-0.2, 0) is 9.63 Å². The lowest BCUT2D eigenvalue weighted by atomic mass is 10.2. The Morgan fingerprint density at radius 3 is 2.48 bits per heavy atom. The van der Waals surface area contributed by atoms with E-state index < -0.39 is 17.5 Å².